The molecule has 2 amide bonds. The number of benzene rings is 2. The van der Waals surface area contributed by atoms with Crippen LogP contribution in [0.25, 0.3) is 11.1 Å². The van der Waals surface area contributed by atoms with Crippen molar-refractivity contribution >= 4 is 17.8 Å². The molecule has 142 valence electrons. The third-order valence-corrected chi connectivity index (χ3v) is 4.08. The summed E-state index contributed by atoms with van der Waals surface area (Å²) in [6, 6.07) is 12.1. The van der Waals surface area contributed by atoms with Gasteiger partial charge in [0.15, 0.2) is 0 Å². The lowest BCUT2D eigenvalue weighted by Gasteiger charge is -2.16. The third-order valence-electron chi connectivity index (χ3n) is 4.08. The molecule has 0 unspecified atom stereocenters. The maximum Gasteiger partial charge on any atom is 0.341 e. The summed E-state index contributed by atoms with van der Waals surface area (Å²) in [6.07, 6.45) is 0. The molecule has 1 N–H and O–H groups in total. The van der Waals surface area contributed by atoms with Crippen LogP contribution in [0.4, 0.5) is 0 Å². The Morgan fingerprint density at radius 2 is 1.63 bits per heavy atom. The number of rotatable bonds is 6. The van der Waals surface area contributed by atoms with Crippen molar-refractivity contribution in [3.05, 3.63) is 53.6 Å². The Morgan fingerprint density at radius 1 is 1.00 bits per heavy atom. The molecule has 0 fully saturated rings. The first kappa shape index (κ1) is 20.0. The third kappa shape index (κ3) is 4.63. The van der Waals surface area contributed by atoms with Crippen molar-refractivity contribution in [1.29, 1.82) is 0 Å². The summed E-state index contributed by atoms with van der Waals surface area (Å²) in [5.74, 6) is -0.549. The van der Waals surface area contributed by atoms with E-state index in [2.05, 4.69) is 5.32 Å². The largest absolute Gasteiger partial charge is 0.496 e. The van der Waals surface area contributed by atoms with Gasteiger partial charge in [-0.05, 0) is 35.4 Å². The number of carbonyl (C=O) groups excluding carboxylic acids is 3. The van der Waals surface area contributed by atoms with Gasteiger partial charge in [0, 0.05) is 19.7 Å². The maximum absolute atomic E-state index is 12.4. The average molecular weight is 370 g/mol. The van der Waals surface area contributed by atoms with Gasteiger partial charge in [0.25, 0.3) is 5.91 Å². The number of methoxy groups -OCH3 is 2. The normalized spacial score (nSPS) is 10.1. The minimum absolute atomic E-state index is 0.0106. The van der Waals surface area contributed by atoms with Crippen LogP contribution in [0.15, 0.2) is 42.5 Å². The summed E-state index contributed by atoms with van der Waals surface area (Å²) in [5.41, 5.74) is 2.50. The second-order valence-corrected chi connectivity index (χ2v) is 5.82. The second kappa shape index (κ2) is 8.84. The van der Waals surface area contributed by atoms with Crippen LogP contribution in [0.2, 0.25) is 0 Å². The van der Waals surface area contributed by atoms with Crippen molar-refractivity contribution in [2.24, 2.45) is 0 Å². The highest BCUT2D eigenvalue weighted by atomic mass is 16.5. The number of amides is 2. The number of hydrogen-bond acceptors (Lipinski definition) is 5. The van der Waals surface area contributed by atoms with E-state index in [0.717, 1.165) is 11.1 Å². The number of nitrogens with one attached hydrogen (secondary N) is 1. The average Bonchev–Trinajstić information content (AvgIpc) is 2.71. The zero-order chi connectivity index (χ0) is 20.0. The molecule has 0 spiro atoms. The number of nitrogens with zero attached hydrogens (tertiary/aromatic N) is 1. The molecule has 0 saturated heterocycles. The predicted molar refractivity (Wildman–Crippen MR) is 101 cm³/mol. The second-order valence-electron chi connectivity index (χ2n) is 5.82. The highest BCUT2D eigenvalue weighted by molar-refractivity contribution is 5.97. The van der Waals surface area contributed by atoms with Crippen LogP contribution in [0.5, 0.6) is 5.75 Å². The zero-order valence-corrected chi connectivity index (χ0v) is 15.7. The molecular formula is C20H22N2O5. The van der Waals surface area contributed by atoms with Crippen LogP contribution in [0.3, 0.4) is 0 Å². The van der Waals surface area contributed by atoms with Crippen LogP contribution in [0, 0.1) is 0 Å². The van der Waals surface area contributed by atoms with E-state index in [1.54, 1.807) is 49.5 Å². The Labute approximate surface area is 157 Å². The number of ether oxygens (including phenoxy) is 2. The molecule has 7 heteroatoms. The van der Waals surface area contributed by atoms with Gasteiger partial charge < -0.3 is 19.7 Å². The van der Waals surface area contributed by atoms with E-state index in [-0.39, 0.29) is 18.4 Å². The fraction of sp³-hybridized carbons (Fsp3) is 0.250. The maximum atomic E-state index is 12.4. The van der Waals surface area contributed by atoms with Crippen molar-refractivity contribution in [3.8, 4) is 16.9 Å². The molecule has 0 heterocycles. The molecule has 0 bridgehead atoms. The molecule has 2 aromatic carbocycles. The van der Waals surface area contributed by atoms with Gasteiger partial charge in [0.1, 0.15) is 11.3 Å². The highest BCUT2D eigenvalue weighted by Crippen LogP contribution is 2.28. The number of esters is 1. The predicted octanol–water partition coefficient (Wildman–Crippen LogP) is 1.97. The summed E-state index contributed by atoms with van der Waals surface area (Å²) in [6.45, 7) is -0.0106. The van der Waals surface area contributed by atoms with E-state index in [4.69, 9.17) is 9.47 Å². The molecule has 0 aliphatic carbocycles. The Bertz CT molecular complexity index is 846. The van der Waals surface area contributed by atoms with Gasteiger partial charge in [-0.15, -0.1) is 0 Å². The molecular weight excluding hydrogens is 348 g/mol. The van der Waals surface area contributed by atoms with Gasteiger partial charge >= 0.3 is 5.97 Å². The summed E-state index contributed by atoms with van der Waals surface area (Å²) >= 11 is 0. The van der Waals surface area contributed by atoms with Gasteiger partial charge in [-0.2, -0.15) is 0 Å². The Balaban J connectivity index is 2.23. The van der Waals surface area contributed by atoms with E-state index >= 15 is 0 Å². The van der Waals surface area contributed by atoms with Crippen LogP contribution in [0.1, 0.15) is 20.7 Å². The lowest BCUT2D eigenvalue weighted by atomic mass is 10.0. The molecule has 0 aliphatic heterocycles. The van der Waals surface area contributed by atoms with Crippen molar-refractivity contribution in [2.75, 3.05) is 34.9 Å². The fourth-order valence-electron chi connectivity index (χ4n) is 2.54. The molecule has 0 aliphatic rings. The van der Waals surface area contributed by atoms with Gasteiger partial charge in [-0.25, -0.2) is 4.79 Å². The van der Waals surface area contributed by atoms with Crippen LogP contribution >= 0.6 is 0 Å². The quantitative estimate of drug-likeness (QED) is 0.786. The SMILES string of the molecule is CNC(=O)CN(C)C(=O)c1ccc(-c2ccc(C(=O)OC)c(OC)c2)cc1. The Kier molecular flexibility index (Phi) is 6.54. The topological polar surface area (TPSA) is 84.9 Å². The minimum Gasteiger partial charge on any atom is -0.496 e. The molecule has 2 aromatic rings. The Hall–Kier alpha value is -3.35. The van der Waals surface area contributed by atoms with Crippen LogP contribution in [-0.4, -0.2) is 57.5 Å². The van der Waals surface area contributed by atoms with Crippen molar-refractivity contribution in [3.63, 3.8) is 0 Å². The van der Waals surface area contributed by atoms with Crippen molar-refractivity contribution in [1.82, 2.24) is 10.2 Å². The molecule has 0 aromatic heterocycles. The lowest BCUT2D eigenvalue weighted by molar-refractivity contribution is -0.121. The first-order chi connectivity index (χ1) is 12.9. The summed E-state index contributed by atoms with van der Waals surface area (Å²) < 4.78 is 10.0. The van der Waals surface area contributed by atoms with Crippen LogP contribution in [-0.2, 0) is 9.53 Å². The van der Waals surface area contributed by atoms with E-state index in [1.165, 1.54) is 26.2 Å². The van der Waals surface area contributed by atoms with Crippen molar-refractivity contribution < 1.29 is 23.9 Å². The van der Waals surface area contributed by atoms with Gasteiger partial charge in [-0.1, -0.05) is 18.2 Å². The van der Waals surface area contributed by atoms with Crippen LogP contribution < -0.4 is 10.1 Å². The van der Waals surface area contributed by atoms with E-state index in [1.807, 2.05) is 0 Å². The molecule has 27 heavy (non-hydrogen) atoms. The molecule has 2 rings (SSSR count). The number of hydrogen-bond donors (Lipinski definition) is 1. The summed E-state index contributed by atoms with van der Waals surface area (Å²) in [5, 5.41) is 2.48. The zero-order valence-electron chi connectivity index (χ0n) is 15.7. The lowest BCUT2D eigenvalue weighted by Crippen LogP contribution is -2.36. The smallest absolute Gasteiger partial charge is 0.341 e. The van der Waals surface area contributed by atoms with E-state index in [9.17, 15) is 14.4 Å². The summed E-state index contributed by atoms with van der Waals surface area (Å²) in [4.78, 5) is 36.9. The fourth-order valence-corrected chi connectivity index (χ4v) is 2.54. The van der Waals surface area contributed by atoms with E-state index in [0.29, 0.717) is 16.9 Å². The monoisotopic (exact) mass is 370 g/mol. The minimum atomic E-state index is -0.474. The summed E-state index contributed by atoms with van der Waals surface area (Å²) in [7, 11) is 5.89. The van der Waals surface area contributed by atoms with Crippen molar-refractivity contribution in [2.45, 2.75) is 0 Å². The van der Waals surface area contributed by atoms with Gasteiger partial charge in [-0.3, -0.25) is 9.59 Å². The van der Waals surface area contributed by atoms with E-state index < -0.39 is 5.97 Å². The number of carbonyl (C=O) groups is 3. The highest BCUT2D eigenvalue weighted by Gasteiger charge is 2.16. The number of likely N-dealkylation sites (N-methyl/N-ethyl adjacent to an activating group) is 2. The molecule has 7 nitrogen and oxygen atoms in total. The molecule has 0 radical (unpaired) electrons. The first-order valence-corrected chi connectivity index (χ1v) is 8.24. The standard InChI is InChI=1S/C20H22N2O5/c1-21-18(23)12-22(2)19(24)14-7-5-13(6-8-14)15-9-10-16(20(25)27-4)17(11-15)26-3/h5-11H,12H2,1-4H3,(H,21,23). The Morgan fingerprint density at radius 3 is 2.19 bits per heavy atom. The first-order valence-electron chi connectivity index (χ1n) is 8.24. The molecule has 0 saturated carbocycles. The van der Waals surface area contributed by atoms with Gasteiger partial charge in [0.2, 0.25) is 5.91 Å². The molecule has 0 atom stereocenters. The van der Waals surface area contributed by atoms with Gasteiger partial charge in [0.05, 0.1) is 20.8 Å².